The maximum Gasteiger partial charge on any atom is 0.248 e. The minimum Gasteiger partial charge on any atom is -0.366 e. The number of aldehydes is 1. The number of hydrogen-bond acceptors (Lipinski definition) is 3. The number of nitrogens with two attached hydrogens (primary N) is 1. The summed E-state index contributed by atoms with van der Waals surface area (Å²) in [5, 5.41) is 8.73. The highest BCUT2D eigenvalue weighted by Gasteiger charge is 2.09. The van der Waals surface area contributed by atoms with Crippen LogP contribution in [0, 0.1) is 18.3 Å². The Morgan fingerprint density at radius 3 is 2.64 bits per heavy atom. The van der Waals surface area contributed by atoms with Gasteiger partial charge < -0.3 is 5.73 Å². The van der Waals surface area contributed by atoms with E-state index in [2.05, 4.69) is 0 Å². The van der Waals surface area contributed by atoms with Gasteiger partial charge in [0.1, 0.15) is 6.29 Å². The number of amides is 1. The quantitative estimate of drug-likeness (QED) is 0.696. The minimum atomic E-state index is -0.649. The van der Waals surface area contributed by atoms with Gasteiger partial charge in [0.05, 0.1) is 11.6 Å². The van der Waals surface area contributed by atoms with Crippen LogP contribution in [0.5, 0.6) is 0 Å². The molecule has 4 nitrogen and oxygen atoms in total. The van der Waals surface area contributed by atoms with Crippen LogP contribution in [0.25, 0.3) is 0 Å². The first-order chi connectivity index (χ1) is 6.60. The van der Waals surface area contributed by atoms with Crippen LogP contribution in [0.4, 0.5) is 0 Å². The third-order valence-electron chi connectivity index (χ3n) is 1.98. The summed E-state index contributed by atoms with van der Waals surface area (Å²) in [7, 11) is 0. The Bertz CT molecular complexity index is 444. The molecule has 0 aromatic heterocycles. The molecule has 0 aliphatic carbocycles. The molecule has 0 atom stereocenters. The predicted octanol–water partition coefficient (Wildman–Crippen LogP) is 0.778. The van der Waals surface area contributed by atoms with Crippen molar-refractivity contribution in [1.82, 2.24) is 0 Å². The largest absolute Gasteiger partial charge is 0.366 e. The Labute approximate surface area is 80.9 Å². The Kier molecular flexibility index (Phi) is 2.63. The second-order valence-electron chi connectivity index (χ2n) is 2.83. The first-order valence-electron chi connectivity index (χ1n) is 3.90. The van der Waals surface area contributed by atoms with Gasteiger partial charge in [0.15, 0.2) is 0 Å². The average molecular weight is 188 g/mol. The van der Waals surface area contributed by atoms with Crippen LogP contribution in [0.1, 0.15) is 31.8 Å². The summed E-state index contributed by atoms with van der Waals surface area (Å²) in [6.07, 6.45) is 0.600. The Morgan fingerprint density at radius 2 is 2.21 bits per heavy atom. The van der Waals surface area contributed by atoms with Crippen LogP contribution in [-0.4, -0.2) is 12.2 Å². The van der Waals surface area contributed by atoms with E-state index in [9.17, 15) is 9.59 Å². The molecule has 1 aromatic rings. The predicted molar refractivity (Wildman–Crippen MR) is 49.8 cm³/mol. The standard InChI is InChI=1S/C10H8N2O2/c1-6-8(4-11)2-7(10(12)14)3-9(6)5-13/h2-3,5H,1H3,(H2,12,14). The summed E-state index contributed by atoms with van der Waals surface area (Å²) in [6.45, 7) is 1.65. The summed E-state index contributed by atoms with van der Waals surface area (Å²) in [6, 6.07) is 4.66. The molecule has 0 radical (unpaired) electrons. The van der Waals surface area contributed by atoms with Crippen molar-refractivity contribution >= 4 is 12.2 Å². The van der Waals surface area contributed by atoms with Crippen LogP contribution < -0.4 is 5.73 Å². The Hall–Kier alpha value is -2.15. The van der Waals surface area contributed by atoms with Gasteiger partial charge in [-0.3, -0.25) is 9.59 Å². The summed E-state index contributed by atoms with van der Waals surface area (Å²) in [4.78, 5) is 21.5. The average Bonchev–Trinajstić information content (AvgIpc) is 2.17. The van der Waals surface area contributed by atoms with E-state index in [0.717, 1.165) is 0 Å². The van der Waals surface area contributed by atoms with Crippen molar-refractivity contribution in [3.63, 3.8) is 0 Å². The lowest BCUT2D eigenvalue weighted by Gasteiger charge is -2.03. The number of nitriles is 1. The van der Waals surface area contributed by atoms with E-state index in [4.69, 9.17) is 11.0 Å². The lowest BCUT2D eigenvalue weighted by atomic mass is 10.00. The van der Waals surface area contributed by atoms with Crippen LogP contribution in [0.2, 0.25) is 0 Å². The molecule has 0 aliphatic heterocycles. The number of primary amides is 1. The van der Waals surface area contributed by atoms with Gasteiger partial charge in [-0.15, -0.1) is 0 Å². The van der Waals surface area contributed by atoms with E-state index in [1.807, 2.05) is 6.07 Å². The lowest BCUT2D eigenvalue weighted by molar-refractivity contribution is 0.1000. The third kappa shape index (κ3) is 1.62. The first kappa shape index (κ1) is 9.93. The Morgan fingerprint density at radius 1 is 1.57 bits per heavy atom. The number of nitrogens with zero attached hydrogens (tertiary/aromatic N) is 1. The van der Waals surface area contributed by atoms with Gasteiger partial charge in [0.25, 0.3) is 0 Å². The molecule has 1 aromatic carbocycles. The van der Waals surface area contributed by atoms with Crippen LogP contribution in [0.15, 0.2) is 12.1 Å². The van der Waals surface area contributed by atoms with Gasteiger partial charge >= 0.3 is 0 Å². The summed E-state index contributed by atoms with van der Waals surface area (Å²) < 4.78 is 0. The van der Waals surface area contributed by atoms with Crippen molar-refractivity contribution in [3.8, 4) is 6.07 Å². The maximum atomic E-state index is 10.8. The molecule has 0 saturated heterocycles. The molecule has 0 bridgehead atoms. The highest BCUT2D eigenvalue weighted by molar-refractivity contribution is 5.95. The molecular formula is C10H8N2O2. The SMILES string of the molecule is Cc1c(C#N)cc(C(N)=O)cc1C=O. The van der Waals surface area contributed by atoms with Crippen molar-refractivity contribution in [2.24, 2.45) is 5.73 Å². The number of benzene rings is 1. The number of carbonyl (C=O) groups is 2. The van der Waals surface area contributed by atoms with E-state index in [1.54, 1.807) is 6.92 Å². The van der Waals surface area contributed by atoms with Crippen LogP contribution >= 0.6 is 0 Å². The molecule has 70 valence electrons. The zero-order valence-electron chi connectivity index (χ0n) is 7.57. The van der Waals surface area contributed by atoms with Crippen molar-refractivity contribution in [1.29, 1.82) is 5.26 Å². The molecule has 1 rings (SSSR count). The first-order valence-corrected chi connectivity index (χ1v) is 3.90. The molecule has 0 saturated carbocycles. The summed E-state index contributed by atoms with van der Waals surface area (Å²) >= 11 is 0. The fourth-order valence-electron chi connectivity index (χ4n) is 1.12. The molecule has 1 amide bonds. The molecule has 14 heavy (non-hydrogen) atoms. The van der Waals surface area contributed by atoms with E-state index in [-0.39, 0.29) is 5.56 Å². The topological polar surface area (TPSA) is 83.9 Å². The second kappa shape index (κ2) is 3.71. The van der Waals surface area contributed by atoms with E-state index in [0.29, 0.717) is 23.0 Å². The third-order valence-corrected chi connectivity index (χ3v) is 1.98. The van der Waals surface area contributed by atoms with Gasteiger partial charge in [-0.05, 0) is 24.6 Å². The van der Waals surface area contributed by atoms with Gasteiger partial charge in [-0.1, -0.05) is 0 Å². The van der Waals surface area contributed by atoms with Gasteiger partial charge in [-0.25, -0.2) is 0 Å². The van der Waals surface area contributed by atoms with Crippen molar-refractivity contribution in [3.05, 3.63) is 34.4 Å². The number of hydrogen-bond donors (Lipinski definition) is 1. The van der Waals surface area contributed by atoms with Crippen molar-refractivity contribution in [2.75, 3.05) is 0 Å². The molecule has 0 fully saturated rings. The second-order valence-corrected chi connectivity index (χ2v) is 2.83. The molecule has 0 spiro atoms. The van der Waals surface area contributed by atoms with Crippen molar-refractivity contribution < 1.29 is 9.59 Å². The van der Waals surface area contributed by atoms with Crippen LogP contribution in [-0.2, 0) is 0 Å². The molecule has 0 unspecified atom stereocenters. The molecular weight excluding hydrogens is 180 g/mol. The normalized spacial score (nSPS) is 9.14. The zero-order valence-corrected chi connectivity index (χ0v) is 7.57. The number of rotatable bonds is 2. The molecule has 0 heterocycles. The van der Waals surface area contributed by atoms with E-state index in [1.165, 1.54) is 12.1 Å². The fourth-order valence-corrected chi connectivity index (χ4v) is 1.12. The highest BCUT2D eigenvalue weighted by Crippen LogP contribution is 2.14. The highest BCUT2D eigenvalue weighted by atomic mass is 16.1. The lowest BCUT2D eigenvalue weighted by Crippen LogP contribution is -2.12. The van der Waals surface area contributed by atoms with E-state index >= 15 is 0 Å². The number of carbonyl (C=O) groups excluding carboxylic acids is 2. The fraction of sp³-hybridized carbons (Fsp3) is 0.100. The zero-order chi connectivity index (χ0) is 10.7. The Balaban J connectivity index is 3.49. The maximum absolute atomic E-state index is 10.8. The van der Waals surface area contributed by atoms with Gasteiger partial charge in [-0.2, -0.15) is 5.26 Å². The minimum absolute atomic E-state index is 0.175. The van der Waals surface area contributed by atoms with Crippen molar-refractivity contribution in [2.45, 2.75) is 6.92 Å². The van der Waals surface area contributed by atoms with Crippen LogP contribution in [0.3, 0.4) is 0 Å². The molecule has 4 heteroatoms. The summed E-state index contributed by atoms with van der Waals surface area (Å²) in [5.41, 5.74) is 6.40. The molecule has 2 N–H and O–H groups in total. The van der Waals surface area contributed by atoms with Gasteiger partial charge in [0, 0.05) is 11.1 Å². The smallest absolute Gasteiger partial charge is 0.248 e. The van der Waals surface area contributed by atoms with E-state index < -0.39 is 5.91 Å². The monoisotopic (exact) mass is 188 g/mol. The summed E-state index contributed by atoms with van der Waals surface area (Å²) in [5.74, 6) is -0.649. The molecule has 0 aliphatic rings. The van der Waals surface area contributed by atoms with Gasteiger partial charge in [0.2, 0.25) is 5.91 Å².